The molecule has 2 aromatic rings. The molecular formula is C22H23FN2O2S. The van der Waals surface area contributed by atoms with Crippen molar-refractivity contribution in [3.05, 3.63) is 77.1 Å². The number of amides is 2. The molecule has 3 rings (SSSR count). The summed E-state index contributed by atoms with van der Waals surface area (Å²) in [5, 5.41) is 5.75. The lowest BCUT2D eigenvalue weighted by Crippen LogP contribution is -2.25. The maximum Gasteiger partial charge on any atom is 0.251 e. The van der Waals surface area contributed by atoms with Gasteiger partial charge in [0.05, 0.1) is 0 Å². The van der Waals surface area contributed by atoms with Crippen LogP contribution < -0.4 is 10.6 Å². The van der Waals surface area contributed by atoms with Crippen LogP contribution in [0.1, 0.15) is 34.3 Å². The van der Waals surface area contributed by atoms with Gasteiger partial charge in [0, 0.05) is 35.7 Å². The summed E-state index contributed by atoms with van der Waals surface area (Å²) in [6.45, 7) is 0.516. The third-order valence-electron chi connectivity index (χ3n) is 4.27. The molecule has 2 N–H and O–H groups in total. The minimum atomic E-state index is -0.196. The van der Waals surface area contributed by atoms with E-state index in [1.807, 2.05) is 18.2 Å². The highest BCUT2D eigenvalue weighted by atomic mass is 32.2. The van der Waals surface area contributed by atoms with Crippen LogP contribution in [-0.4, -0.2) is 30.2 Å². The number of halogens is 1. The Bertz CT molecular complexity index is 848. The normalized spacial score (nSPS) is 13.5. The zero-order valence-electron chi connectivity index (χ0n) is 15.5. The Labute approximate surface area is 168 Å². The molecule has 0 spiro atoms. The summed E-state index contributed by atoms with van der Waals surface area (Å²) in [5.41, 5.74) is 2.15. The van der Waals surface area contributed by atoms with Crippen LogP contribution >= 0.6 is 11.8 Å². The van der Waals surface area contributed by atoms with E-state index in [1.54, 1.807) is 42.1 Å². The van der Waals surface area contributed by atoms with E-state index in [4.69, 9.17) is 0 Å². The van der Waals surface area contributed by atoms with E-state index < -0.39 is 0 Å². The van der Waals surface area contributed by atoms with Crippen molar-refractivity contribution in [2.75, 3.05) is 12.3 Å². The van der Waals surface area contributed by atoms with Crippen LogP contribution in [0.3, 0.4) is 0 Å². The van der Waals surface area contributed by atoms with Crippen LogP contribution in [0.15, 0.2) is 54.6 Å². The Balaban J connectivity index is 1.35. The van der Waals surface area contributed by atoms with Crippen LogP contribution in [0.2, 0.25) is 0 Å². The topological polar surface area (TPSA) is 58.2 Å². The number of hydrogen-bond donors (Lipinski definition) is 2. The van der Waals surface area contributed by atoms with E-state index in [2.05, 4.69) is 10.6 Å². The van der Waals surface area contributed by atoms with Gasteiger partial charge < -0.3 is 10.6 Å². The zero-order chi connectivity index (χ0) is 19.8. The number of carbonyl (C=O) groups is 2. The van der Waals surface area contributed by atoms with E-state index in [1.165, 1.54) is 12.1 Å². The zero-order valence-corrected chi connectivity index (χ0v) is 16.3. The highest BCUT2D eigenvalue weighted by molar-refractivity contribution is 7.98. The van der Waals surface area contributed by atoms with Crippen molar-refractivity contribution in [2.24, 2.45) is 0 Å². The Kier molecular flexibility index (Phi) is 7.25. The lowest BCUT2D eigenvalue weighted by atomic mass is 10.1. The van der Waals surface area contributed by atoms with Crippen molar-refractivity contribution in [3.63, 3.8) is 0 Å². The molecule has 1 saturated carbocycles. The third kappa shape index (κ3) is 6.53. The predicted octanol–water partition coefficient (Wildman–Crippen LogP) is 3.78. The SMILES string of the molecule is O=C(/C=C/c1ccc(C(=O)NC2CC2)cc1)NCCSCc1ccccc1F. The molecule has 0 unspecified atom stereocenters. The first-order chi connectivity index (χ1) is 13.6. The molecule has 28 heavy (non-hydrogen) atoms. The van der Waals surface area contributed by atoms with Gasteiger partial charge in [0.2, 0.25) is 5.91 Å². The maximum atomic E-state index is 13.5. The predicted molar refractivity (Wildman–Crippen MR) is 112 cm³/mol. The second-order valence-electron chi connectivity index (χ2n) is 6.64. The summed E-state index contributed by atoms with van der Waals surface area (Å²) < 4.78 is 13.5. The highest BCUT2D eigenvalue weighted by Gasteiger charge is 2.23. The Morgan fingerprint density at radius 3 is 2.57 bits per heavy atom. The summed E-state index contributed by atoms with van der Waals surface area (Å²) >= 11 is 1.57. The lowest BCUT2D eigenvalue weighted by Gasteiger charge is -2.04. The van der Waals surface area contributed by atoms with Crippen molar-refractivity contribution < 1.29 is 14.0 Å². The molecule has 0 saturated heterocycles. The molecule has 6 heteroatoms. The number of hydrogen-bond acceptors (Lipinski definition) is 3. The molecule has 1 fully saturated rings. The van der Waals surface area contributed by atoms with E-state index in [0.717, 1.165) is 18.4 Å². The number of rotatable bonds is 9. The van der Waals surface area contributed by atoms with Crippen molar-refractivity contribution in [1.82, 2.24) is 10.6 Å². The van der Waals surface area contributed by atoms with Crippen LogP contribution in [0, 0.1) is 5.82 Å². The molecule has 0 bridgehead atoms. The van der Waals surface area contributed by atoms with Crippen molar-refractivity contribution in [3.8, 4) is 0 Å². The quantitative estimate of drug-likeness (QED) is 0.499. The maximum absolute atomic E-state index is 13.5. The highest BCUT2D eigenvalue weighted by Crippen LogP contribution is 2.19. The molecule has 0 heterocycles. The van der Waals surface area contributed by atoms with Gasteiger partial charge in [-0.1, -0.05) is 30.3 Å². The Morgan fingerprint density at radius 1 is 1.11 bits per heavy atom. The molecule has 4 nitrogen and oxygen atoms in total. The molecule has 0 aromatic heterocycles. The molecule has 0 aliphatic heterocycles. The van der Waals surface area contributed by atoms with Gasteiger partial charge in [-0.3, -0.25) is 9.59 Å². The fraction of sp³-hybridized carbons (Fsp3) is 0.273. The summed E-state index contributed by atoms with van der Waals surface area (Å²) in [5.74, 6) is 0.862. The monoisotopic (exact) mass is 398 g/mol. The second kappa shape index (κ2) is 10.1. The van der Waals surface area contributed by atoms with Crippen LogP contribution in [0.4, 0.5) is 4.39 Å². The van der Waals surface area contributed by atoms with Gasteiger partial charge in [-0.25, -0.2) is 4.39 Å². The number of benzene rings is 2. The molecule has 1 aliphatic rings. The van der Waals surface area contributed by atoms with E-state index in [0.29, 0.717) is 35.2 Å². The minimum Gasteiger partial charge on any atom is -0.352 e. The smallest absolute Gasteiger partial charge is 0.251 e. The molecule has 0 atom stereocenters. The largest absolute Gasteiger partial charge is 0.352 e. The van der Waals surface area contributed by atoms with E-state index >= 15 is 0 Å². The number of carbonyl (C=O) groups excluding carboxylic acids is 2. The van der Waals surface area contributed by atoms with E-state index in [9.17, 15) is 14.0 Å². The van der Waals surface area contributed by atoms with Gasteiger partial charge in [0.1, 0.15) is 5.82 Å². The number of thioether (sulfide) groups is 1. The summed E-state index contributed by atoms with van der Waals surface area (Å²) in [7, 11) is 0. The first-order valence-electron chi connectivity index (χ1n) is 9.30. The molecular weight excluding hydrogens is 375 g/mol. The van der Waals surface area contributed by atoms with Gasteiger partial charge in [0.25, 0.3) is 5.91 Å². The van der Waals surface area contributed by atoms with Gasteiger partial charge in [-0.15, -0.1) is 0 Å². The fourth-order valence-electron chi connectivity index (χ4n) is 2.52. The van der Waals surface area contributed by atoms with Gasteiger partial charge in [-0.2, -0.15) is 11.8 Å². The summed E-state index contributed by atoms with van der Waals surface area (Å²) in [4.78, 5) is 23.8. The fourth-order valence-corrected chi connectivity index (χ4v) is 3.36. The second-order valence-corrected chi connectivity index (χ2v) is 7.74. The first-order valence-corrected chi connectivity index (χ1v) is 10.5. The minimum absolute atomic E-state index is 0.0522. The van der Waals surface area contributed by atoms with Crippen LogP contribution in [0.25, 0.3) is 6.08 Å². The van der Waals surface area contributed by atoms with Gasteiger partial charge >= 0.3 is 0 Å². The molecule has 0 radical (unpaired) electrons. The van der Waals surface area contributed by atoms with Gasteiger partial charge in [-0.05, 0) is 48.2 Å². The average Bonchev–Trinajstić information content (AvgIpc) is 3.52. The summed E-state index contributed by atoms with van der Waals surface area (Å²) in [6.07, 6.45) is 5.30. The third-order valence-corrected chi connectivity index (χ3v) is 5.28. The standard InChI is InChI=1S/C22H23FN2O2S/c23-20-4-2-1-3-18(20)15-28-14-13-24-21(26)12-7-16-5-8-17(9-6-16)22(27)25-19-10-11-19/h1-9,12,19H,10-11,13-15H2,(H,24,26)(H,25,27)/b12-7+. The molecule has 146 valence electrons. The number of nitrogens with one attached hydrogen (secondary N) is 2. The van der Waals surface area contributed by atoms with Crippen LogP contribution in [-0.2, 0) is 10.5 Å². The molecule has 1 aliphatic carbocycles. The summed E-state index contributed by atoms with van der Waals surface area (Å²) in [6, 6.07) is 14.2. The molecule has 2 amide bonds. The first kappa shape index (κ1) is 20.1. The van der Waals surface area contributed by atoms with Crippen LogP contribution in [0.5, 0.6) is 0 Å². The van der Waals surface area contributed by atoms with Gasteiger partial charge in [0.15, 0.2) is 0 Å². The van der Waals surface area contributed by atoms with Crippen molar-refractivity contribution in [1.29, 1.82) is 0 Å². The van der Waals surface area contributed by atoms with Crippen molar-refractivity contribution in [2.45, 2.75) is 24.6 Å². The van der Waals surface area contributed by atoms with Crippen molar-refractivity contribution >= 4 is 29.7 Å². The lowest BCUT2D eigenvalue weighted by molar-refractivity contribution is -0.116. The van der Waals surface area contributed by atoms with E-state index in [-0.39, 0.29) is 17.6 Å². The molecule has 2 aromatic carbocycles. The Hall–Kier alpha value is -2.60. The Morgan fingerprint density at radius 2 is 1.86 bits per heavy atom. The average molecular weight is 399 g/mol.